The SMILES string of the molecule is COCCNCc1c(Cl)cccc1Oc1ccc(F)cc1. The Morgan fingerprint density at radius 3 is 2.62 bits per heavy atom. The molecule has 2 aromatic rings. The van der Waals surface area contributed by atoms with Crippen LogP contribution < -0.4 is 10.1 Å². The maximum Gasteiger partial charge on any atom is 0.133 e. The second-order valence-electron chi connectivity index (χ2n) is 4.44. The van der Waals surface area contributed by atoms with Crippen molar-refractivity contribution < 1.29 is 13.9 Å². The van der Waals surface area contributed by atoms with Gasteiger partial charge in [-0.2, -0.15) is 0 Å². The van der Waals surface area contributed by atoms with Gasteiger partial charge in [0.25, 0.3) is 0 Å². The molecule has 0 aliphatic heterocycles. The minimum Gasteiger partial charge on any atom is -0.457 e. The molecule has 2 aromatic carbocycles. The summed E-state index contributed by atoms with van der Waals surface area (Å²) in [5.41, 5.74) is 0.861. The van der Waals surface area contributed by atoms with Crippen LogP contribution in [0.25, 0.3) is 0 Å². The van der Waals surface area contributed by atoms with E-state index in [-0.39, 0.29) is 5.82 Å². The first-order valence-corrected chi connectivity index (χ1v) is 6.99. The highest BCUT2D eigenvalue weighted by molar-refractivity contribution is 6.31. The molecule has 0 aliphatic rings. The first-order chi connectivity index (χ1) is 10.2. The first kappa shape index (κ1) is 15.8. The number of halogens is 2. The standard InChI is InChI=1S/C16H17ClFNO2/c1-20-10-9-19-11-14-15(17)3-2-4-16(14)21-13-7-5-12(18)6-8-13/h2-8,19H,9-11H2,1H3. The number of benzene rings is 2. The van der Waals surface area contributed by atoms with E-state index in [4.69, 9.17) is 21.1 Å². The predicted octanol–water partition coefficient (Wildman–Crippen LogP) is 4.01. The van der Waals surface area contributed by atoms with E-state index in [1.807, 2.05) is 18.2 Å². The van der Waals surface area contributed by atoms with Crippen molar-refractivity contribution in [2.24, 2.45) is 0 Å². The van der Waals surface area contributed by atoms with Crippen molar-refractivity contribution in [1.82, 2.24) is 5.32 Å². The lowest BCUT2D eigenvalue weighted by molar-refractivity contribution is 0.199. The Labute approximate surface area is 128 Å². The maximum absolute atomic E-state index is 12.9. The average molecular weight is 310 g/mol. The molecular weight excluding hydrogens is 293 g/mol. The Balaban J connectivity index is 2.11. The van der Waals surface area contributed by atoms with E-state index >= 15 is 0 Å². The summed E-state index contributed by atoms with van der Waals surface area (Å²) in [6.45, 7) is 1.91. The maximum atomic E-state index is 12.9. The third kappa shape index (κ3) is 4.70. The Kier molecular flexibility index (Phi) is 5.99. The summed E-state index contributed by atoms with van der Waals surface area (Å²) in [6.07, 6.45) is 0. The topological polar surface area (TPSA) is 30.5 Å². The second kappa shape index (κ2) is 7.98. The number of ether oxygens (including phenoxy) is 2. The van der Waals surface area contributed by atoms with Crippen LogP contribution in [-0.2, 0) is 11.3 Å². The van der Waals surface area contributed by atoms with Crippen molar-refractivity contribution in [3.63, 3.8) is 0 Å². The fraction of sp³-hybridized carbons (Fsp3) is 0.250. The van der Waals surface area contributed by atoms with Crippen molar-refractivity contribution in [1.29, 1.82) is 0 Å². The molecule has 0 fully saturated rings. The molecule has 0 saturated heterocycles. The smallest absolute Gasteiger partial charge is 0.133 e. The third-order valence-corrected chi connectivity index (χ3v) is 3.26. The van der Waals surface area contributed by atoms with Gasteiger partial charge >= 0.3 is 0 Å². The minimum atomic E-state index is -0.296. The van der Waals surface area contributed by atoms with Crippen LogP contribution in [0.5, 0.6) is 11.5 Å². The largest absolute Gasteiger partial charge is 0.457 e. The molecule has 0 bridgehead atoms. The second-order valence-corrected chi connectivity index (χ2v) is 4.85. The van der Waals surface area contributed by atoms with Gasteiger partial charge in [0.2, 0.25) is 0 Å². The molecule has 3 nitrogen and oxygen atoms in total. The van der Waals surface area contributed by atoms with E-state index in [9.17, 15) is 4.39 Å². The minimum absolute atomic E-state index is 0.296. The molecule has 0 spiro atoms. The number of hydrogen-bond donors (Lipinski definition) is 1. The molecule has 2 rings (SSSR count). The fourth-order valence-electron chi connectivity index (χ4n) is 1.82. The number of hydrogen-bond acceptors (Lipinski definition) is 3. The van der Waals surface area contributed by atoms with Crippen LogP contribution in [-0.4, -0.2) is 20.3 Å². The van der Waals surface area contributed by atoms with E-state index < -0.39 is 0 Å². The quantitative estimate of drug-likeness (QED) is 0.784. The fourth-order valence-corrected chi connectivity index (χ4v) is 2.06. The molecule has 0 unspecified atom stereocenters. The highest BCUT2D eigenvalue weighted by Crippen LogP contribution is 2.30. The van der Waals surface area contributed by atoms with Gasteiger partial charge in [-0.1, -0.05) is 17.7 Å². The molecule has 5 heteroatoms. The van der Waals surface area contributed by atoms with E-state index in [1.165, 1.54) is 12.1 Å². The predicted molar refractivity (Wildman–Crippen MR) is 81.5 cm³/mol. The zero-order valence-electron chi connectivity index (χ0n) is 11.7. The van der Waals surface area contributed by atoms with Gasteiger partial charge < -0.3 is 14.8 Å². The van der Waals surface area contributed by atoms with E-state index in [0.717, 1.165) is 12.1 Å². The van der Waals surface area contributed by atoms with E-state index in [2.05, 4.69) is 5.32 Å². The summed E-state index contributed by atoms with van der Waals surface area (Å²) in [4.78, 5) is 0. The highest BCUT2D eigenvalue weighted by Gasteiger charge is 2.09. The normalized spacial score (nSPS) is 10.6. The van der Waals surface area contributed by atoms with Crippen LogP contribution >= 0.6 is 11.6 Å². The van der Waals surface area contributed by atoms with Crippen molar-refractivity contribution in [2.75, 3.05) is 20.3 Å². The number of nitrogens with one attached hydrogen (secondary N) is 1. The lowest BCUT2D eigenvalue weighted by Gasteiger charge is -2.13. The highest BCUT2D eigenvalue weighted by atomic mass is 35.5. The summed E-state index contributed by atoms with van der Waals surface area (Å²) in [5, 5.41) is 3.85. The summed E-state index contributed by atoms with van der Waals surface area (Å²) in [6, 6.07) is 11.3. The molecular formula is C16H17ClFNO2. The van der Waals surface area contributed by atoms with Crippen molar-refractivity contribution >= 4 is 11.6 Å². The van der Waals surface area contributed by atoms with Crippen LogP contribution in [0.3, 0.4) is 0 Å². The summed E-state index contributed by atoms with van der Waals surface area (Å²) >= 11 is 6.22. The zero-order valence-corrected chi connectivity index (χ0v) is 12.5. The Morgan fingerprint density at radius 2 is 1.90 bits per heavy atom. The van der Waals surface area contributed by atoms with Gasteiger partial charge in [0.1, 0.15) is 17.3 Å². The monoisotopic (exact) mass is 309 g/mol. The molecule has 0 amide bonds. The molecule has 21 heavy (non-hydrogen) atoms. The molecule has 0 atom stereocenters. The van der Waals surface area contributed by atoms with E-state index in [1.54, 1.807) is 19.2 Å². The molecule has 0 aliphatic carbocycles. The molecule has 0 aromatic heterocycles. The molecule has 0 radical (unpaired) electrons. The third-order valence-electron chi connectivity index (χ3n) is 2.90. The van der Waals surface area contributed by atoms with Crippen LogP contribution in [0.2, 0.25) is 5.02 Å². The van der Waals surface area contributed by atoms with Gasteiger partial charge in [0, 0.05) is 30.8 Å². The number of rotatable bonds is 7. The summed E-state index contributed by atoms with van der Waals surface area (Å²) in [5.74, 6) is 0.922. The zero-order chi connectivity index (χ0) is 15.1. The average Bonchev–Trinajstić information content (AvgIpc) is 2.48. The summed E-state index contributed by atoms with van der Waals surface area (Å²) in [7, 11) is 1.65. The summed E-state index contributed by atoms with van der Waals surface area (Å²) < 4.78 is 23.7. The van der Waals surface area contributed by atoms with Gasteiger partial charge in [-0.25, -0.2) is 4.39 Å². The van der Waals surface area contributed by atoms with Crippen molar-refractivity contribution in [3.8, 4) is 11.5 Å². The van der Waals surface area contributed by atoms with Gasteiger partial charge in [0.15, 0.2) is 0 Å². The van der Waals surface area contributed by atoms with Gasteiger partial charge in [-0.3, -0.25) is 0 Å². The molecule has 1 N–H and O–H groups in total. The van der Waals surface area contributed by atoms with Crippen molar-refractivity contribution in [2.45, 2.75) is 6.54 Å². The van der Waals surface area contributed by atoms with Gasteiger partial charge in [0.05, 0.1) is 6.61 Å². The lowest BCUT2D eigenvalue weighted by atomic mass is 10.2. The van der Waals surface area contributed by atoms with Crippen LogP contribution in [0.4, 0.5) is 4.39 Å². The Morgan fingerprint density at radius 1 is 1.14 bits per heavy atom. The van der Waals surface area contributed by atoms with Crippen LogP contribution in [0, 0.1) is 5.82 Å². The first-order valence-electron chi connectivity index (χ1n) is 6.61. The van der Waals surface area contributed by atoms with Crippen molar-refractivity contribution in [3.05, 3.63) is 58.9 Å². The van der Waals surface area contributed by atoms with Gasteiger partial charge in [-0.15, -0.1) is 0 Å². The van der Waals surface area contributed by atoms with E-state index in [0.29, 0.717) is 29.7 Å². The molecule has 112 valence electrons. The molecule has 0 saturated carbocycles. The van der Waals surface area contributed by atoms with Crippen LogP contribution in [0.15, 0.2) is 42.5 Å². The van der Waals surface area contributed by atoms with Crippen LogP contribution in [0.1, 0.15) is 5.56 Å². The number of methoxy groups -OCH3 is 1. The Hall–Kier alpha value is -1.62. The Bertz CT molecular complexity index is 575. The lowest BCUT2D eigenvalue weighted by Crippen LogP contribution is -2.19. The van der Waals surface area contributed by atoms with Gasteiger partial charge in [-0.05, 0) is 36.4 Å². The molecule has 0 heterocycles.